The van der Waals surface area contributed by atoms with Crippen molar-refractivity contribution in [2.24, 2.45) is 5.92 Å². The number of hydrogen-bond acceptors (Lipinski definition) is 4. The van der Waals surface area contributed by atoms with Gasteiger partial charge in [-0.05, 0) is 36.5 Å². The summed E-state index contributed by atoms with van der Waals surface area (Å²) in [5, 5.41) is 12.6. The normalized spacial score (nSPS) is 14.4. The molecule has 1 unspecified atom stereocenters. The number of allylic oxidation sites excluding steroid dienone is 1. The molecular formula is C18H25NO4. The zero-order valence-electron chi connectivity index (χ0n) is 13.7. The molecule has 126 valence electrons. The molecule has 23 heavy (non-hydrogen) atoms. The van der Waals surface area contributed by atoms with Crippen molar-refractivity contribution in [3.63, 3.8) is 0 Å². The molecule has 2 rings (SSSR count). The van der Waals surface area contributed by atoms with Crippen LogP contribution in [0.2, 0.25) is 0 Å². The zero-order chi connectivity index (χ0) is 16.7. The third kappa shape index (κ3) is 5.94. The van der Waals surface area contributed by atoms with Crippen LogP contribution >= 0.6 is 0 Å². The Morgan fingerprint density at radius 2 is 2.13 bits per heavy atom. The largest absolute Gasteiger partial charge is 0.454 e. The van der Waals surface area contributed by atoms with Crippen molar-refractivity contribution in [1.29, 1.82) is 0 Å². The molecule has 0 saturated heterocycles. The summed E-state index contributed by atoms with van der Waals surface area (Å²) in [6.45, 7) is 4.99. The van der Waals surface area contributed by atoms with Gasteiger partial charge in [-0.2, -0.15) is 0 Å². The fraction of sp³-hybridized carbons (Fsp3) is 0.500. The van der Waals surface area contributed by atoms with E-state index in [0.717, 1.165) is 29.9 Å². The van der Waals surface area contributed by atoms with Crippen LogP contribution in [0.3, 0.4) is 0 Å². The third-order valence-electron chi connectivity index (χ3n) is 3.50. The van der Waals surface area contributed by atoms with Gasteiger partial charge in [0.15, 0.2) is 11.5 Å². The monoisotopic (exact) mass is 319 g/mol. The molecule has 1 aromatic rings. The van der Waals surface area contributed by atoms with Crippen molar-refractivity contribution in [1.82, 2.24) is 5.32 Å². The number of aryl methyl sites for hydroxylation is 1. The van der Waals surface area contributed by atoms with E-state index in [1.165, 1.54) is 0 Å². The number of benzene rings is 1. The standard InChI is InChI=1S/C18H25NO4/c1-13(2)11-19-18(21)10-15(20)6-4-3-5-14-7-8-16-17(9-14)23-12-22-16/h4,6-9,13,15,20H,3,5,10-12H2,1-2H3,(H,19,21)/b6-4+. The molecule has 1 aliphatic heterocycles. The highest BCUT2D eigenvalue weighted by atomic mass is 16.7. The van der Waals surface area contributed by atoms with E-state index in [-0.39, 0.29) is 19.1 Å². The lowest BCUT2D eigenvalue weighted by Crippen LogP contribution is -2.29. The average Bonchev–Trinajstić information content (AvgIpc) is 2.97. The minimum atomic E-state index is -0.737. The van der Waals surface area contributed by atoms with Gasteiger partial charge in [0.1, 0.15) is 0 Å². The lowest BCUT2D eigenvalue weighted by Gasteiger charge is -2.09. The molecule has 2 N–H and O–H groups in total. The summed E-state index contributed by atoms with van der Waals surface area (Å²) >= 11 is 0. The summed E-state index contributed by atoms with van der Waals surface area (Å²) in [5.74, 6) is 1.86. The fourth-order valence-electron chi connectivity index (χ4n) is 2.25. The number of hydrogen-bond donors (Lipinski definition) is 2. The van der Waals surface area contributed by atoms with Gasteiger partial charge in [0, 0.05) is 6.54 Å². The summed E-state index contributed by atoms with van der Waals surface area (Å²) in [7, 11) is 0. The molecule has 0 saturated carbocycles. The first-order valence-electron chi connectivity index (χ1n) is 8.04. The topological polar surface area (TPSA) is 67.8 Å². The fourth-order valence-corrected chi connectivity index (χ4v) is 2.25. The first-order valence-corrected chi connectivity index (χ1v) is 8.04. The van der Waals surface area contributed by atoms with Crippen molar-refractivity contribution in [3.8, 4) is 11.5 Å². The maximum absolute atomic E-state index is 11.6. The summed E-state index contributed by atoms with van der Waals surface area (Å²) < 4.78 is 10.6. The van der Waals surface area contributed by atoms with Crippen LogP contribution in [-0.4, -0.2) is 30.5 Å². The molecule has 1 amide bonds. The molecule has 0 fully saturated rings. The molecule has 0 spiro atoms. The van der Waals surface area contributed by atoms with Gasteiger partial charge >= 0.3 is 0 Å². The quantitative estimate of drug-likeness (QED) is 0.722. The Kier molecular flexibility index (Phi) is 6.47. The van der Waals surface area contributed by atoms with Gasteiger partial charge in [-0.25, -0.2) is 0 Å². The highest BCUT2D eigenvalue weighted by Crippen LogP contribution is 2.32. The van der Waals surface area contributed by atoms with Gasteiger partial charge in [-0.3, -0.25) is 4.79 Å². The van der Waals surface area contributed by atoms with E-state index < -0.39 is 6.10 Å². The Hall–Kier alpha value is -2.01. The van der Waals surface area contributed by atoms with Crippen molar-refractivity contribution >= 4 is 5.91 Å². The van der Waals surface area contributed by atoms with Crippen molar-refractivity contribution < 1.29 is 19.4 Å². The predicted molar refractivity (Wildman–Crippen MR) is 88.5 cm³/mol. The number of aliphatic hydroxyl groups is 1. The molecule has 1 aliphatic rings. The minimum absolute atomic E-state index is 0.104. The molecular weight excluding hydrogens is 294 g/mol. The van der Waals surface area contributed by atoms with Crippen LogP contribution in [0.5, 0.6) is 11.5 Å². The van der Waals surface area contributed by atoms with Crippen LogP contribution in [0, 0.1) is 5.92 Å². The Morgan fingerprint density at radius 1 is 1.35 bits per heavy atom. The molecule has 0 radical (unpaired) electrons. The van der Waals surface area contributed by atoms with E-state index in [9.17, 15) is 9.90 Å². The van der Waals surface area contributed by atoms with Crippen LogP contribution in [-0.2, 0) is 11.2 Å². The number of rotatable bonds is 8. The van der Waals surface area contributed by atoms with Gasteiger partial charge in [0.2, 0.25) is 12.7 Å². The van der Waals surface area contributed by atoms with Gasteiger partial charge in [-0.1, -0.05) is 32.1 Å². The van der Waals surface area contributed by atoms with Crippen LogP contribution in [0.15, 0.2) is 30.4 Å². The second-order valence-electron chi connectivity index (χ2n) is 6.12. The average molecular weight is 319 g/mol. The Balaban J connectivity index is 1.68. The van der Waals surface area contributed by atoms with E-state index >= 15 is 0 Å². The van der Waals surface area contributed by atoms with Crippen LogP contribution in [0.25, 0.3) is 0 Å². The summed E-state index contributed by atoms with van der Waals surface area (Å²) in [4.78, 5) is 11.6. The summed E-state index contributed by atoms with van der Waals surface area (Å²) in [6.07, 6.45) is 4.60. The lowest BCUT2D eigenvalue weighted by molar-refractivity contribution is -0.122. The first kappa shape index (κ1) is 17.3. The van der Waals surface area contributed by atoms with E-state index in [4.69, 9.17) is 9.47 Å². The van der Waals surface area contributed by atoms with Crippen LogP contribution in [0.4, 0.5) is 0 Å². The number of fused-ring (bicyclic) bond motifs is 1. The summed E-state index contributed by atoms with van der Waals surface area (Å²) in [6, 6.07) is 5.90. The highest BCUT2D eigenvalue weighted by Gasteiger charge is 2.12. The zero-order valence-corrected chi connectivity index (χ0v) is 13.7. The van der Waals surface area contributed by atoms with Gasteiger partial charge in [0.25, 0.3) is 0 Å². The van der Waals surface area contributed by atoms with Crippen molar-refractivity contribution in [2.45, 2.75) is 39.2 Å². The lowest BCUT2D eigenvalue weighted by atomic mass is 10.1. The number of ether oxygens (including phenoxy) is 2. The minimum Gasteiger partial charge on any atom is -0.454 e. The Morgan fingerprint density at radius 3 is 2.91 bits per heavy atom. The summed E-state index contributed by atoms with van der Waals surface area (Å²) in [5.41, 5.74) is 1.16. The molecule has 1 aromatic carbocycles. The molecule has 1 heterocycles. The number of nitrogens with one attached hydrogen (secondary N) is 1. The molecule has 0 aliphatic carbocycles. The highest BCUT2D eigenvalue weighted by molar-refractivity contribution is 5.76. The van der Waals surface area contributed by atoms with Gasteiger partial charge in [0.05, 0.1) is 12.5 Å². The smallest absolute Gasteiger partial charge is 0.231 e. The van der Waals surface area contributed by atoms with E-state index in [1.807, 2.05) is 38.1 Å². The number of carbonyl (C=O) groups is 1. The molecule has 0 aromatic heterocycles. The number of carbonyl (C=O) groups excluding carboxylic acids is 1. The SMILES string of the molecule is CC(C)CNC(=O)CC(O)/C=C/CCc1ccc2c(c1)OCO2. The number of aliphatic hydroxyl groups excluding tert-OH is 1. The molecule has 0 bridgehead atoms. The van der Waals surface area contributed by atoms with Crippen LogP contribution < -0.4 is 14.8 Å². The Labute approximate surface area is 137 Å². The maximum Gasteiger partial charge on any atom is 0.231 e. The van der Waals surface area contributed by atoms with E-state index in [0.29, 0.717) is 12.5 Å². The predicted octanol–water partition coefficient (Wildman–Crippen LogP) is 2.43. The van der Waals surface area contributed by atoms with Gasteiger partial charge < -0.3 is 19.9 Å². The Bertz CT molecular complexity index is 554. The van der Waals surface area contributed by atoms with Crippen LogP contribution in [0.1, 0.15) is 32.3 Å². The maximum atomic E-state index is 11.6. The molecule has 1 atom stereocenters. The second kappa shape index (κ2) is 8.58. The molecule has 5 heteroatoms. The second-order valence-corrected chi connectivity index (χ2v) is 6.12. The van der Waals surface area contributed by atoms with Crippen molar-refractivity contribution in [2.75, 3.05) is 13.3 Å². The van der Waals surface area contributed by atoms with E-state index in [1.54, 1.807) is 6.08 Å². The van der Waals surface area contributed by atoms with E-state index in [2.05, 4.69) is 5.32 Å². The number of amides is 1. The third-order valence-corrected chi connectivity index (χ3v) is 3.50. The molecule has 5 nitrogen and oxygen atoms in total. The van der Waals surface area contributed by atoms with Gasteiger partial charge in [-0.15, -0.1) is 0 Å². The first-order chi connectivity index (χ1) is 11.0. The van der Waals surface area contributed by atoms with Crippen molar-refractivity contribution in [3.05, 3.63) is 35.9 Å².